The van der Waals surface area contributed by atoms with E-state index >= 15 is 0 Å². The average molecular weight is 341 g/mol. The van der Waals surface area contributed by atoms with E-state index in [4.69, 9.17) is 14.5 Å². The van der Waals surface area contributed by atoms with E-state index in [0.29, 0.717) is 18.6 Å². The zero-order valence-corrected chi connectivity index (χ0v) is 15.9. The quantitative estimate of drug-likeness (QED) is 0.568. The van der Waals surface area contributed by atoms with E-state index in [9.17, 15) is 0 Å². The van der Waals surface area contributed by atoms with Crippen molar-refractivity contribution in [1.29, 1.82) is 0 Å². The van der Waals surface area contributed by atoms with Gasteiger partial charge in [0.15, 0.2) is 5.96 Å². The van der Waals surface area contributed by atoms with Crippen LogP contribution in [0.2, 0.25) is 0 Å². The number of nitrogens with zero attached hydrogens (tertiary/aromatic N) is 2. The summed E-state index contributed by atoms with van der Waals surface area (Å²) in [6.07, 6.45) is 4.18. The molecule has 2 heterocycles. The fourth-order valence-electron chi connectivity index (χ4n) is 3.47. The molecule has 2 saturated heterocycles. The van der Waals surface area contributed by atoms with Gasteiger partial charge in [-0.05, 0) is 33.6 Å². The van der Waals surface area contributed by atoms with E-state index in [1.807, 2.05) is 0 Å². The number of aliphatic imine (C=N–C) groups is 1. The van der Waals surface area contributed by atoms with Gasteiger partial charge in [-0.1, -0.05) is 0 Å². The first-order valence-electron chi connectivity index (χ1n) is 9.50. The Balaban J connectivity index is 1.89. The van der Waals surface area contributed by atoms with Crippen molar-refractivity contribution in [3.63, 3.8) is 0 Å². The maximum absolute atomic E-state index is 5.79. The molecule has 0 radical (unpaired) electrons. The van der Waals surface area contributed by atoms with Crippen LogP contribution in [0, 0.1) is 0 Å². The third kappa shape index (κ3) is 5.60. The fraction of sp³-hybridized carbons (Fsp3) is 0.944. The van der Waals surface area contributed by atoms with Crippen LogP contribution in [0.3, 0.4) is 0 Å². The highest BCUT2D eigenvalue weighted by Crippen LogP contribution is 2.24. The molecule has 0 unspecified atom stereocenters. The molecular formula is C18H36N4O2. The molecule has 2 aliphatic heterocycles. The van der Waals surface area contributed by atoms with Crippen LogP contribution in [0.25, 0.3) is 0 Å². The smallest absolute Gasteiger partial charge is 0.191 e. The highest BCUT2D eigenvalue weighted by atomic mass is 16.5. The zero-order valence-electron chi connectivity index (χ0n) is 15.9. The van der Waals surface area contributed by atoms with Crippen LogP contribution in [0.15, 0.2) is 4.99 Å². The normalized spacial score (nSPS) is 23.5. The minimum absolute atomic E-state index is 0.165. The number of methoxy groups -OCH3 is 1. The third-order valence-electron chi connectivity index (χ3n) is 5.31. The topological polar surface area (TPSA) is 58.1 Å². The minimum Gasteiger partial charge on any atom is -0.381 e. The lowest BCUT2D eigenvalue weighted by atomic mass is 9.94. The molecule has 0 aromatic rings. The number of ether oxygens (including phenoxy) is 2. The number of hydrogen-bond acceptors (Lipinski definition) is 4. The van der Waals surface area contributed by atoms with Gasteiger partial charge in [-0.2, -0.15) is 0 Å². The third-order valence-corrected chi connectivity index (χ3v) is 5.31. The summed E-state index contributed by atoms with van der Waals surface area (Å²) in [5, 5.41) is 7.01. The Kier molecular flexibility index (Phi) is 7.78. The number of hydrogen-bond donors (Lipinski definition) is 2. The van der Waals surface area contributed by atoms with Crippen LogP contribution < -0.4 is 10.6 Å². The predicted molar refractivity (Wildman–Crippen MR) is 98.6 cm³/mol. The number of likely N-dealkylation sites (tertiary alicyclic amines) is 1. The van der Waals surface area contributed by atoms with Crippen molar-refractivity contribution in [3.8, 4) is 0 Å². The van der Waals surface area contributed by atoms with Crippen LogP contribution in [-0.4, -0.2) is 75.0 Å². The molecule has 0 aliphatic carbocycles. The lowest BCUT2D eigenvalue weighted by Crippen LogP contribution is -2.50. The van der Waals surface area contributed by atoms with Crippen molar-refractivity contribution in [2.75, 3.05) is 46.5 Å². The molecule has 140 valence electrons. The van der Waals surface area contributed by atoms with Crippen molar-refractivity contribution in [2.45, 2.75) is 64.1 Å². The van der Waals surface area contributed by atoms with Crippen molar-refractivity contribution in [3.05, 3.63) is 0 Å². The summed E-state index contributed by atoms with van der Waals surface area (Å²) >= 11 is 0. The first-order chi connectivity index (χ1) is 11.6. The molecule has 2 N–H and O–H groups in total. The molecule has 0 aromatic heterocycles. The maximum Gasteiger partial charge on any atom is 0.191 e. The summed E-state index contributed by atoms with van der Waals surface area (Å²) in [6.45, 7) is 12.1. The van der Waals surface area contributed by atoms with Crippen molar-refractivity contribution in [1.82, 2.24) is 15.5 Å². The highest BCUT2D eigenvalue weighted by molar-refractivity contribution is 5.80. The molecule has 0 spiro atoms. The number of nitrogens with one attached hydrogen (secondary N) is 2. The van der Waals surface area contributed by atoms with Crippen LogP contribution in [0.1, 0.15) is 46.5 Å². The van der Waals surface area contributed by atoms with E-state index < -0.39 is 0 Å². The fourth-order valence-corrected chi connectivity index (χ4v) is 3.47. The Bertz CT molecular complexity index is 386. The van der Waals surface area contributed by atoms with Gasteiger partial charge in [-0.25, -0.2) is 0 Å². The van der Waals surface area contributed by atoms with E-state index in [1.165, 1.54) is 12.8 Å². The summed E-state index contributed by atoms with van der Waals surface area (Å²) in [5.74, 6) is 0.920. The molecule has 2 rings (SSSR count). The average Bonchev–Trinajstić information content (AvgIpc) is 2.61. The Hall–Kier alpha value is -0.850. The van der Waals surface area contributed by atoms with E-state index in [-0.39, 0.29) is 5.60 Å². The molecule has 0 bridgehead atoms. The Labute approximate surface area is 147 Å². The second-order valence-corrected chi connectivity index (χ2v) is 7.24. The lowest BCUT2D eigenvalue weighted by molar-refractivity contribution is -0.0828. The Morgan fingerprint density at radius 3 is 2.50 bits per heavy atom. The molecule has 0 aromatic carbocycles. The van der Waals surface area contributed by atoms with Gasteiger partial charge in [0, 0.05) is 64.9 Å². The summed E-state index contributed by atoms with van der Waals surface area (Å²) in [7, 11) is 1.79. The van der Waals surface area contributed by atoms with Crippen LogP contribution >= 0.6 is 0 Å². The molecule has 2 aliphatic rings. The molecule has 0 saturated carbocycles. The van der Waals surface area contributed by atoms with Gasteiger partial charge in [0.25, 0.3) is 0 Å². The molecular weight excluding hydrogens is 304 g/mol. The number of rotatable bonds is 6. The summed E-state index contributed by atoms with van der Waals surface area (Å²) in [5.41, 5.74) is -0.165. The van der Waals surface area contributed by atoms with Crippen molar-refractivity contribution in [2.24, 2.45) is 4.99 Å². The van der Waals surface area contributed by atoms with Crippen molar-refractivity contribution >= 4 is 5.96 Å². The molecule has 24 heavy (non-hydrogen) atoms. The van der Waals surface area contributed by atoms with Crippen molar-refractivity contribution < 1.29 is 9.47 Å². The van der Waals surface area contributed by atoms with Gasteiger partial charge in [0.05, 0.1) is 12.1 Å². The Morgan fingerprint density at radius 2 is 1.96 bits per heavy atom. The van der Waals surface area contributed by atoms with E-state index in [2.05, 4.69) is 36.3 Å². The van der Waals surface area contributed by atoms with Crippen LogP contribution in [0.4, 0.5) is 0 Å². The molecule has 2 fully saturated rings. The van der Waals surface area contributed by atoms with Crippen LogP contribution in [-0.2, 0) is 9.47 Å². The first kappa shape index (κ1) is 19.5. The molecule has 6 nitrogen and oxygen atoms in total. The van der Waals surface area contributed by atoms with Gasteiger partial charge in [-0.15, -0.1) is 0 Å². The zero-order chi connectivity index (χ0) is 17.4. The maximum atomic E-state index is 5.79. The second-order valence-electron chi connectivity index (χ2n) is 7.24. The monoisotopic (exact) mass is 340 g/mol. The van der Waals surface area contributed by atoms with Gasteiger partial charge in [0.1, 0.15) is 0 Å². The van der Waals surface area contributed by atoms with E-state index in [1.54, 1.807) is 7.11 Å². The first-order valence-corrected chi connectivity index (χ1v) is 9.50. The SMILES string of the molecule is CCNC(=NCC1(OC)CCOCC1)NC1CCN(C(C)C)CC1. The molecule has 0 amide bonds. The van der Waals surface area contributed by atoms with Gasteiger partial charge >= 0.3 is 0 Å². The lowest BCUT2D eigenvalue weighted by Gasteiger charge is -2.36. The predicted octanol–water partition coefficient (Wildman–Crippen LogP) is 1.61. The highest BCUT2D eigenvalue weighted by Gasteiger charge is 2.32. The number of guanidine groups is 1. The summed E-state index contributed by atoms with van der Waals surface area (Å²) in [4.78, 5) is 7.37. The molecule has 0 atom stereocenters. The summed E-state index contributed by atoms with van der Waals surface area (Å²) in [6, 6.07) is 1.15. The van der Waals surface area contributed by atoms with Gasteiger partial charge < -0.3 is 25.0 Å². The van der Waals surface area contributed by atoms with Gasteiger partial charge in [-0.3, -0.25) is 4.99 Å². The van der Waals surface area contributed by atoms with E-state index in [0.717, 1.165) is 51.6 Å². The largest absolute Gasteiger partial charge is 0.381 e. The number of piperidine rings is 1. The Morgan fingerprint density at radius 1 is 1.29 bits per heavy atom. The minimum atomic E-state index is -0.165. The van der Waals surface area contributed by atoms with Crippen LogP contribution in [0.5, 0.6) is 0 Å². The second kappa shape index (κ2) is 9.59. The van der Waals surface area contributed by atoms with Gasteiger partial charge in [0.2, 0.25) is 0 Å². The molecule has 6 heteroatoms. The standard InChI is InChI=1S/C18H36N4O2/c1-5-19-17(20-14-18(23-4)8-12-24-13-9-18)21-16-6-10-22(11-7-16)15(2)3/h15-16H,5-14H2,1-4H3,(H2,19,20,21). The summed E-state index contributed by atoms with van der Waals surface area (Å²) < 4.78 is 11.3.